The van der Waals surface area contributed by atoms with E-state index < -0.39 is 0 Å². The first kappa shape index (κ1) is 26.8. The number of carbonyl (C=O) groups is 1. The van der Waals surface area contributed by atoms with Gasteiger partial charge in [-0.1, -0.05) is 96.9 Å². The van der Waals surface area contributed by atoms with E-state index in [0.29, 0.717) is 11.5 Å². The molecular formula is C33H46O3. The molecule has 0 aliphatic heterocycles. The van der Waals surface area contributed by atoms with Crippen molar-refractivity contribution in [1.82, 2.24) is 0 Å². The van der Waals surface area contributed by atoms with Crippen LogP contribution < -0.4 is 4.74 Å². The number of unbranched alkanes of at least 4 members (excludes halogenated alkanes) is 7. The summed E-state index contributed by atoms with van der Waals surface area (Å²) in [6.07, 6.45) is 13.9. The second kappa shape index (κ2) is 11.8. The van der Waals surface area contributed by atoms with Crippen LogP contribution in [0, 0.1) is 16.7 Å². The monoisotopic (exact) mass is 490 g/mol. The molecule has 36 heavy (non-hydrogen) atoms. The highest BCUT2D eigenvalue weighted by Crippen LogP contribution is 2.66. The van der Waals surface area contributed by atoms with Crippen LogP contribution in [0.4, 0.5) is 0 Å². The molecule has 0 radical (unpaired) electrons. The molecule has 2 aliphatic rings. The molecule has 0 amide bonds. The minimum Gasteiger partial charge on any atom is -0.494 e. The van der Waals surface area contributed by atoms with Gasteiger partial charge in [-0.2, -0.15) is 0 Å². The summed E-state index contributed by atoms with van der Waals surface area (Å²) < 4.78 is 12.0. The van der Waals surface area contributed by atoms with Crippen molar-refractivity contribution >= 4 is 5.97 Å². The summed E-state index contributed by atoms with van der Waals surface area (Å²) in [4.78, 5) is 12.9. The zero-order chi connectivity index (χ0) is 25.6. The lowest BCUT2D eigenvalue weighted by molar-refractivity contribution is 0.0103. The summed E-state index contributed by atoms with van der Waals surface area (Å²) in [5, 5.41) is 0. The number of benzene rings is 2. The normalized spacial score (nSPS) is 24.1. The Labute approximate surface area is 219 Å². The highest BCUT2D eigenvalue weighted by atomic mass is 16.5. The fraction of sp³-hybridized carbons (Fsp3) is 0.606. The van der Waals surface area contributed by atoms with Crippen LogP contribution in [0.5, 0.6) is 5.75 Å². The first-order valence-corrected chi connectivity index (χ1v) is 14.4. The molecule has 196 valence electrons. The molecule has 0 saturated heterocycles. The summed E-state index contributed by atoms with van der Waals surface area (Å²) in [5.74, 6) is 1.20. The summed E-state index contributed by atoms with van der Waals surface area (Å²) >= 11 is 0. The highest BCUT2D eigenvalue weighted by molar-refractivity contribution is 5.90. The molecule has 3 nitrogen and oxygen atoms in total. The molecule has 2 aliphatic carbocycles. The van der Waals surface area contributed by atoms with Gasteiger partial charge >= 0.3 is 5.97 Å². The maximum absolute atomic E-state index is 12.9. The molecule has 3 unspecified atom stereocenters. The van der Waals surface area contributed by atoms with E-state index in [1.165, 1.54) is 57.8 Å². The van der Waals surface area contributed by atoms with Gasteiger partial charge in [0.25, 0.3) is 0 Å². The Balaban J connectivity index is 1.21. The van der Waals surface area contributed by atoms with E-state index in [4.69, 9.17) is 9.47 Å². The lowest BCUT2D eigenvalue weighted by Crippen LogP contribution is -2.28. The predicted molar refractivity (Wildman–Crippen MR) is 148 cm³/mol. The van der Waals surface area contributed by atoms with Crippen LogP contribution in [0.25, 0.3) is 11.1 Å². The second-order valence-corrected chi connectivity index (χ2v) is 12.0. The van der Waals surface area contributed by atoms with Gasteiger partial charge in [0.1, 0.15) is 11.9 Å². The molecule has 0 aromatic heterocycles. The van der Waals surface area contributed by atoms with Gasteiger partial charge in [-0.3, -0.25) is 0 Å². The van der Waals surface area contributed by atoms with Crippen molar-refractivity contribution in [3.05, 3.63) is 54.1 Å². The van der Waals surface area contributed by atoms with Gasteiger partial charge in [0.2, 0.25) is 0 Å². The van der Waals surface area contributed by atoms with Gasteiger partial charge in [0.15, 0.2) is 0 Å². The van der Waals surface area contributed by atoms with Gasteiger partial charge in [0.05, 0.1) is 12.2 Å². The summed E-state index contributed by atoms with van der Waals surface area (Å²) in [7, 11) is 0. The van der Waals surface area contributed by atoms with Crippen LogP contribution in [-0.2, 0) is 4.74 Å². The fourth-order valence-corrected chi connectivity index (χ4v) is 6.50. The van der Waals surface area contributed by atoms with Crippen molar-refractivity contribution in [1.29, 1.82) is 0 Å². The average Bonchev–Trinajstić information content (AvgIpc) is 3.21. The average molecular weight is 491 g/mol. The Morgan fingerprint density at radius 3 is 1.97 bits per heavy atom. The Morgan fingerprint density at radius 2 is 1.42 bits per heavy atom. The van der Waals surface area contributed by atoms with E-state index >= 15 is 0 Å². The number of carbonyl (C=O) groups excluding carboxylic acids is 1. The van der Waals surface area contributed by atoms with Gasteiger partial charge in [-0.25, -0.2) is 4.79 Å². The fourth-order valence-electron chi connectivity index (χ4n) is 6.50. The SMILES string of the molecule is CCCCCCCCCCOc1ccc(-c2ccc(C(=O)OC3CC4(C)CCC3C4(C)C)cc2)cc1. The van der Waals surface area contributed by atoms with Crippen LogP contribution in [0.2, 0.25) is 0 Å². The van der Waals surface area contributed by atoms with Crippen molar-refractivity contribution in [2.24, 2.45) is 16.7 Å². The quantitative estimate of drug-likeness (QED) is 0.207. The van der Waals surface area contributed by atoms with E-state index in [1.54, 1.807) is 0 Å². The molecule has 2 aromatic rings. The molecule has 0 N–H and O–H groups in total. The number of hydrogen-bond acceptors (Lipinski definition) is 3. The van der Waals surface area contributed by atoms with E-state index in [0.717, 1.165) is 36.3 Å². The number of fused-ring (bicyclic) bond motifs is 2. The van der Waals surface area contributed by atoms with Crippen molar-refractivity contribution in [3.63, 3.8) is 0 Å². The third kappa shape index (κ3) is 5.98. The number of ether oxygens (including phenoxy) is 2. The molecule has 2 aromatic carbocycles. The maximum atomic E-state index is 12.9. The van der Waals surface area contributed by atoms with Crippen LogP contribution in [0.15, 0.2) is 48.5 Å². The van der Waals surface area contributed by atoms with Crippen molar-refractivity contribution in [2.75, 3.05) is 6.61 Å². The van der Waals surface area contributed by atoms with Gasteiger partial charge < -0.3 is 9.47 Å². The molecular weight excluding hydrogens is 444 g/mol. The smallest absolute Gasteiger partial charge is 0.338 e. The van der Waals surface area contributed by atoms with Gasteiger partial charge in [-0.15, -0.1) is 0 Å². The van der Waals surface area contributed by atoms with E-state index in [-0.39, 0.29) is 22.9 Å². The number of esters is 1. The first-order valence-electron chi connectivity index (χ1n) is 14.4. The molecule has 0 spiro atoms. The molecule has 0 heterocycles. The van der Waals surface area contributed by atoms with Crippen LogP contribution in [-0.4, -0.2) is 18.7 Å². The molecule has 4 rings (SSSR count). The Hall–Kier alpha value is -2.29. The summed E-state index contributed by atoms with van der Waals surface area (Å²) in [6.45, 7) is 10.1. The minimum absolute atomic E-state index is 0.0456. The predicted octanol–water partition coefficient (Wildman–Crippen LogP) is 9.24. The van der Waals surface area contributed by atoms with Crippen LogP contribution >= 0.6 is 0 Å². The van der Waals surface area contributed by atoms with Crippen molar-refractivity contribution < 1.29 is 14.3 Å². The number of hydrogen-bond donors (Lipinski definition) is 0. The van der Waals surface area contributed by atoms with Crippen molar-refractivity contribution in [3.8, 4) is 16.9 Å². The molecule has 2 fully saturated rings. The lowest BCUT2D eigenvalue weighted by atomic mass is 9.71. The summed E-state index contributed by atoms with van der Waals surface area (Å²) in [6, 6.07) is 16.1. The van der Waals surface area contributed by atoms with Crippen LogP contribution in [0.3, 0.4) is 0 Å². The lowest BCUT2D eigenvalue weighted by Gasteiger charge is -2.33. The molecule has 2 bridgehead atoms. The standard InChI is InChI=1S/C33H46O3/c1-5-6-7-8-9-10-11-12-23-35-28-19-17-26(18-20-28)25-13-15-27(16-14-25)31(34)36-30-24-33(4)22-21-29(30)32(33,2)3/h13-20,29-30H,5-12,21-24H2,1-4H3. The molecule has 2 saturated carbocycles. The van der Waals surface area contributed by atoms with Gasteiger partial charge in [-0.05, 0) is 71.9 Å². The largest absolute Gasteiger partial charge is 0.494 e. The Bertz CT molecular complexity index is 972. The van der Waals surface area contributed by atoms with Crippen LogP contribution in [0.1, 0.15) is 109 Å². The Kier molecular flexibility index (Phi) is 8.80. The molecule has 3 heteroatoms. The zero-order valence-electron chi connectivity index (χ0n) is 23.0. The minimum atomic E-state index is -0.191. The van der Waals surface area contributed by atoms with E-state index in [9.17, 15) is 4.79 Å². The zero-order valence-corrected chi connectivity index (χ0v) is 23.0. The Morgan fingerprint density at radius 1 is 0.833 bits per heavy atom. The summed E-state index contributed by atoms with van der Waals surface area (Å²) in [5.41, 5.74) is 3.38. The second-order valence-electron chi connectivity index (χ2n) is 12.0. The topological polar surface area (TPSA) is 35.5 Å². The maximum Gasteiger partial charge on any atom is 0.338 e. The van der Waals surface area contributed by atoms with Gasteiger partial charge in [0, 0.05) is 5.92 Å². The van der Waals surface area contributed by atoms with Crippen molar-refractivity contribution in [2.45, 2.75) is 104 Å². The third-order valence-electron chi connectivity index (χ3n) is 9.42. The molecule has 3 atom stereocenters. The van der Waals surface area contributed by atoms with E-state index in [2.05, 4.69) is 39.8 Å². The third-order valence-corrected chi connectivity index (χ3v) is 9.42. The number of rotatable bonds is 13. The highest BCUT2D eigenvalue weighted by Gasteiger charge is 2.61. The van der Waals surface area contributed by atoms with E-state index in [1.807, 2.05) is 36.4 Å². The first-order chi connectivity index (χ1) is 17.3.